The lowest BCUT2D eigenvalue weighted by atomic mass is 10.1. The van der Waals surface area contributed by atoms with Crippen LogP contribution in [0, 0.1) is 3.57 Å². The topological polar surface area (TPSA) is 43.1 Å². The molecule has 1 aromatic carbocycles. The highest BCUT2D eigenvalue weighted by atomic mass is 127. The number of benzene rings is 1. The van der Waals surface area contributed by atoms with Crippen LogP contribution in [0.25, 0.3) is 0 Å². The molecular formula is C9H8Cl2INO. The van der Waals surface area contributed by atoms with E-state index in [1.807, 2.05) is 12.1 Å². The normalized spacial score (nSPS) is 12.5. The first kappa shape index (κ1) is 12.1. The molecule has 0 aliphatic heterocycles. The van der Waals surface area contributed by atoms with E-state index in [0.717, 1.165) is 9.13 Å². The van der Waals surface area contributed by atoms with E-state index in [1.54, 1.807) is 6.07 Å². The van der Waals surface area contributed by atoms with Crippen LogP contribution < -0.4 is 5.73 Å². The quantitative estimate of drug-likeness (QED) is 0.665. The summed E-state index contributed by atoms with van der Waals surface area (Å²) in [6.07, 6.45) is 0.437. The lowest BCUT2D eigenvalue weighted by molar-refractivity contribution is -0.117. The third kappa shape index (κ3) is 3.29. The minimum atomic E-state index is -0.662. The molecule has 1 unspecified atom stereocenters. The van der Waals surface area contributed by atoms with Gasteiger partial charge in [0.15, 0.2) is 0 Å². The van der Waals surface area contributed by atoms with Crippen molar-refractivity contribution >= 4 is 51.7 Å². The zero-order valence-electron chi connectivity index (χ0n) is 7.14. The van der Waals surface area contributed by atoms with E-state index >= 15 is 0 Å². The van der Waals surface area contributed by atoms with Crippen LogP contribution in [-0.4, -0.2) is 11.3 Å². The zero-order valence-corrected chi connectivity index (χ0v) is 10.8. The molecule has 0 radical (unpaired) electrons. The van der Waals surface area contributed by atoms with Crippen molar-refractivity contribution in [2.45, 2.75) is 11.8 Å². The van der Waals surface area contributed by atoms with Gasteiger partial charge >= 0.3 is 0 Å². The fourth-order valence-corrected chi connectivity index (χ4v) is 2.24. The van der Waals surface area contributed by atoms with Gasteiger partial charge in [-0.2, -0.15) is 0 Å². The van der Waals surface area contributed by atoms with Crippen LogP contribution in [0.3, 0.4) is 0 Å². The highest BCUT2D eigenvalue weighted by Gasteiger charge is 2.13. The molecule has 1 aromatic rings. The second-order valence-corrected chi connectivity index (χ2v) is 4.94. The van der Waals surface area contributed by atoms with Crippen LogP contribution in [0.1, 0.15) is 5.56 Å². The summed E-state index contributed by atoms with van der Waals surface area (Å²) in [5, 5.41) is 0.00744. The van der Waals surface area contributed by atoms with Gasteiger partial charge in [0.1, 0.15) is 5.38 Å². The van der Waals surface area contributed by atoms with E-state index in [1.165, 1.54) is 0 Å². The summed E-state index contributed by atoms with van der Waals surface area (Å²) in [5.74, 6) is -0.502. The largest absolute Gasteiger partial charge is 0.368 e. The molecule has 5 heteroatoms. The van der Waals surface area contributed by atoms with E-state index < -0.39 is 11.3 Å². The Balaban J connectivity index is 2.82. The Morgan fingerprint density at radius 3 is 2.71 bits per heavy atom. The van der Waals surface area contributed by atoms with Gasteiger partial charge in [-0.1, -0.05) is 17.7 Å². The van der Waals surface area contributed by atoms with Crippen molar-refractivity contribution in [3.63, 3.8) is 0 Å². The number of hydrogen-bond acceptors (Lipinski definition) is 1. The third-order valence-electron chi connectivity index (χ3n) is 1.72. The molecule has 0 bridgehead atoms. The third-order valence-corrected chi connectivity index (χ3v) is 3.33. The zero-order chi connectivity index (χ0) is 10.7. The number of primary amides is 1. The minimum absolute atomic E-state index is 0.437. The average Bonchev–Trinajstić information content (AvgIpc) is 2.09. The van der Waals surface area contributed by atoms with Crippen molar-refractivity contribution in [1.82, 2.24) is 0 Å². The predicted molar refractivity (Wildman–Crippen MR) is 66.7 cm³/mol. The van der Waals surface area contributed by atoms with E-state index in [2.05, 4.69) is 22.6 Å². The van der Waals surface area contributed by atoms with Gasteiger partial charge in [0.2, 0.25) is 5.91 Å². The molecule has 0 spiro atoms. The first-order valence-electron chi connectivity index (χ1n) is 3.88. The van der Waals surface area contributed by atoms with Crippen molar-refractivity contribution < 1.29 is 4.79 Å². The maximum atomic E-state index is 10.7. The molecule has 0 saturated carbocycles. The second-order valence-electron chi connectivity index (χ2n) is 2.81. The Kier molecular flexibility index (Phi) is 4.47. The molecule has 0 fully saturated rings. The van der Waals surface area contributed by atoms with Gasteiger partial charge in [0, 0.05) is 8.59 Å². The Bertz CT molecular complexity index is 357. The number of carbonyl (C=O) groups excluding carboxylic acids is 1. The van der Waals surface area contributed by atoms with Crippen LogP contribution in [0.4, 0.5) is 0 Å². The van der Waals surface area contributed by atoms with Crippen molar-refractivity contribution in [3.05, 3.63) is 32.4 Å². The highest BCUT2D eigenvalue weighted by molar-refractivity contribution is 14.1. The Morgan fingerprint density at radius 2 is 2.21 bits per heavy atom. The maximum absolute atomic E-state index is 10.7. The molecule has 0 aromatic heterocycles. The number of amides is 1. The summed E-state index contributed by atoms with van der Waals surface area (Å²) >= 11 is 13.7. The molecule has 0 aliphatic carbocycles. The molecule has 1 rings (SSSR count). The minimum Gasteiger partial charge on any atom is -0.368 e. The Hall–Kier alpha value is -0.000000000000000111. The monoisotopic (exact) mass is 343 g/mol. The fraction of sp³-hybridized carbons (Fsp3) is 0.222. The first-order chi connectivity index (χ1) is 6.50. The highest BCUT2D eigenvalue weighted by Crippen LogP contribution is 2.20. The summed E-state index contributed by atoms with van der Waals surface area (Å²) in [5.41, 5.74) is 6.04. The standard InChI is InChI=1S/C9H8Cl2INO/c10-6-2-1-5(8(12)4-6)3-7(11)9(13)14/h1-2,4,7H,3H2,(H2,13,14). The van der Waals surface area contributed by atoms with Gasteiger partial charge in [-0.15, -0.1) is 11.6 Å². The second kappa shape index (κ2) is 5.19. The Labute approximate surface area is 106 Å². The average molecular weight is 344 g/mol. The van der Waals surface area contributed by atoms with Crippen LogP contribution in [0.5, 0.6) is 0 Å². The number of rotatable bonds is 3. The van der Waals surface area contributed by atoms with E-state index in [0.29, 0.717) is 11.4 Å². The Morgan fingerprint density at radius 1 is 1.57 bits per heavy atom. The SMILES string of the molecule is NC(=O)C(Cl)Cc1ccc(Cl)cc1I. The molecule has 1 amide bonds. The lowest BCUT2D eigenvalue weighted by Gasteiger charge is -2.07. The van der Waals surface area contributed by atoms with Crippen molar-refractivity contribution in [3.8, 4) is 0 Å². The molecule has 0 heterocycles. The summed E-state index contributed by atoms with van der Waals surface area (Å²) in [4.78, 5) is 10.7. The van der Waals surface area contributed by atoms with Gasteiger partial charge in [-0.3, -0.25) is 4.79 Å². The van der Waals surface area contributed by atoms with E-state index in [4.69, 9.17) is 28.9 Å². The first-order valence-corrected chi connectivity index (χ1v) is 5.77. The number of alkyl halides is 1. The van der Waals surface area contributed by atoms with Crippen molar-refractivity contribution in [2.75, 3.05) is 0 Å². The summed E-state index contributed by atoms with van der Waals surface area (Å²) in [6, 6.07) is 5.44. The number of nitrogens with two attached hydrogens (primary N) is 1. The smallest absolute Gasteiger partial charge is 0.235 e. The molecule has 0 saturated heterocycles. The van der Waals surface area contributed by atoms with Crippen LogP contribution in [-0.2, 0) is 11.2 Å². The van der Waals surface area contributed by atoms with E-state index in [9.17, 15) is 4.79 Å². The van der Waals surface area contributed by atoms with Gasteiger partial charge in [-0.25, -0.2) is 0 Å². The van der Waals surface area contributed by atoms with Gasteiger partial charge in [0.25, 0.3) is 0 Å². The predicted octanol–water partition coefficient (Wildman–Crippen LogP) is 2.58. The fourth-order valence-electron chi connectivity index (χ4n) is 0.981. The van der Waals surface area contributed by atoms with Crippen molar-refractivity contribution in [2.24, 2.45) is 5.73 Å². The van der Waals surface area contributed by atoms with E-state index in [-0.39, 0.29) is 0 Å². The molecule has 0 aliphatic rings. The number of halogens is 3. The molecular weight excluding hydrogens is 336 g/mol. The molecule has 14 heavy (non-hydrogen) atoms. The number of hydrogen-bond donors (Lipinski definition) is 1. The molecule has 1 atom stereocenters. The van der Waals surface area contributed by atoms with Crippen LogP contribution >= 0.6 is 45.8 Å². The lowest BCUT2D eigenvalue weighted by Crippen LogP contribution is -2.25. The van der Waals surface area contributed by atoms with Gasteiger partial charge in [0.05, 0.1) is 0 Å². The van der Waals surface area contributed by atoms with Crippen LogP contribution in [0.15, 0.2) is 18.2 Å². The molecule has 76 valence electrons. The maximum Gasteiger partial charge on any atom is 0.235 e. The number of carbonyl (C=O) groups is 1. The van der Waals surface area contributed by atoms with Crippen LogP contribution in [0.2, 0.25) is 5.02 Å². The summed E-state index contributed by atoms with van der Waals surface area (Å²) in [6.45, 7) is 0. The summed E-state index contributed by atoms with van der Waals surface area (Å²) in [7, 11) is 0. The molecule has 2 N–H and O–H groups in total. The van der Waals surface area contributed by atoms with Crippen molar-refractivity contribution in [1.29, 1.82) is 0 Å². The summed E-state index contributed by atoms with van der Waals surface area (Å²) < 4.78 is 0.988. The van der Waals surface area contributed by atoms with Gasteiger partial charge in [-0.05, 0) is 46.7 Å². The molecule has 2 nitrogen and oxygen atoms in total. The van der Waals surface area contributed by atoms with Gasteiger partial charge < -0.3 is 5.73 Å².